The molecule has 1 aliphatic heterocycles. The lowest BCUT2D eigenvalue weighted by atomic mass is 10.1. The number of benzene rings is 1. The van der Waals surface area contributed by atoms with Crippen LogP contribution in [0.2, 0.25) is 0 Å². The zero-order valence-electron chi connectivity index (χ0n) is 15.4. The fraction of sp³-hybridized carbons (Fsp3) is 0.579. The van der Waals surface area contributed by atoms with Gasteiger partial charge in [-0.15, -0.1) is 0 Å². The molecule has 25 heavy (non-hydrogen) atoms. The maximum atomic E-state index is 5.25. The van der Waals surface area contributed by atoms with Crippen LogP contribution in [-0.4, -0.2) is 47.5 Å². The molecular formula is C19H28N4O2. The fourth-order valence-corrected chi connectivity index (χ4v) is 3.44. The Balaban J connectivity index is 1.87. The highest BCUT2D eigenvalue weighted by molar-refractivity contribution is 5.27. The molecule has 1 aliphatic rings. The lowest BCUT2D eigenvalue weighted by Crippen LogP contribution is -2.27. The van der Waals surface area contributed by atoms with Crippen LogP contribution in [0.25, 0.3) is 0 Å². The SMILES string of the molecule is COCc1nc([C@H]2CCCCCN2C)n(Cc2ccc(OC)cc2)n1. The standard InChI is InChI=1S/C19H28N4O2/c1-22-12-6-4-5-7-17(22)19-20-18(14-24-2)21-23(19)13-15-8-10-16(25-3)11-9-15/h8-11,17H,4-7,12-14H2,1-3H3/t17-/m1/s1. The Bertz CT molecular complexity index is 669. The zero-order chi connectivity index (χ0) is 17.6. The zero-order valence-corrected chi connectivity index (χ0v) is 15.4. The summed E-state index contributed by atoms with van der Waals surface area (Å²) in [4.78, 5) is 7.22. The molecule has 6 nitrogen and oxygen atoms in total. The van der Waals surface area contributed by atoms with E-state index in [1.165, 1.54) is 24.8 Å². The second-order valence-electron chi connectivity index (χ2n) is 6.67. The third kappa shape index (κ3) is 4.38. The minimum Gasteiger partial charge on any atom is -0.497 e. The van der Waals surface area contributed by atoms with Crippen LogP contribution in [0, 0.1) is 0 Å². The van der Waals surface area contributed by atoms with E-state index in [9.17, 15) is 0 Å². The molecular weight excluding hydrogens is 316 g/mol. The molecule has 0 bridgehead atoms. The lowest BCUT2D eigenvalue weighted by molar-refractivity contribution is 0.177. The first-order chi connectivity index (χ1) is 12.2. The Morgan fingerprint density at radius 2 is 1.92 bits per heavy atom. The Morgan fingerprint density at radius 3 is 2.64 bits per heavy atom. The van der Waals surface area contributed by atoms with Crippen molar-refractivity contribution < 1.29 is 9.47 Å². The molecule has 1 saturated heterocycles. The summed E-state index contributed by atoms with van der Waals surface area (Å²) in [5.74, 6) is 2.67. The molecule has 0 radical (unpaired) electrons. The summed E-state index contributed by atoms with van der Waals surface area (Å²) in [5, 5.41) is 4.70. The molecule has 2 heterocycles. The molecule has 0 N–H and O–H groups in total. The third-order valence-corrected chi connectivity index (χ3v) is 4.83. The number of rotatable bonds is 6. The molecule has 0 aliphatic carbocycles. The fourth-order valence-electron chi connectivity index (χ4n) is 3.44. The molecule has 1 aromatic heterocycles. The van der Waals surface area contributed by atoms with Gasteiger partial charge in [-0.05, 0) is 44.1 Å². The molecule has 0 spiro atoms. The highest BCUT2D eigenvalue weighted by Crippen LogP contribution is 2.28. The summed E-state index contributed by atoms with van der Waals surface area (Å²) in [7, 11) is 5.56. The molecule has 3 rings (SSSR count). The van der Waals surface area contributed by atoms with Crippen LogP contribution in [0.5, 0.6) is 5.75 Å². The maximum Gasteiger partial charge on any atom is 0.176 e. The number of methoxy groups -OCH3 is 2. The van der Waals surface area contributed by atoms with Crippen molar-refractivity contribution in [1.29, 1.82) is 0 Å². The predicted molar refractivity (Wildman–Crippen MR) is 96.7 cm³/mol. The van der Waals surface area contributed by atoms with Crippen LogP contribution in [-0.2, 0) is 17.9 Å². The monoisotopic (exact) mass is 344 g/mol. The number of likely N-dealkylation sites (tertiary alicyclic amines) is 1. The largest absolute Gasteiger partial charge is 0.497 e. The van der Waals surface area contributed by atoms with E-state index >= 15 is 0 Å². The molecule has 1 atom stereocenters. The average Bonchev–Trinajstić information content (AvgIpc) is 2.87. The molecule has 0 unspecified atom stereocenters. The van der Waals surface area contributed by atoms with Gasteiger partial charge < -0.3 is 9.47 Å². The molecule has 6 heteroatoms. The minimum atomic E-state index is 0.318. The molecule has 1 aromatic carbocycles. The molecule has 0 saturated carbocycles. The van der Waals surface area contributed by atoms with E-state index in [0.717, 1.165) is 30.4 Å². The summed E-state index contributed by atoms with van der Waals surface area (Å²) >= 11 is 0. The maximum absolute atomic E-state index is 5.25. The Kier molecular flexibility index (Phi) is 6.04. The average molecular weight is 344 g/mol. The first-order valence-corrected chi connectivity index (χ1v) is 8.97. The highest BCUT2D eigenvalue weighted by Gasteiger charge is 2.25. The number of nitrogens with zero attached hydrogens (tertiary/aromatic N) is 4. The summed E-state index contributed by atoms with van der Waals surface area (Å²) < 4.78 is 12.5. The van der Waals surface area contributed by atoms with Gasteiger partial charge in [0.25, 0.3) is 0 Å². The summed E-state index contributed by atoms with van der Waals surface area (Å²) in [5.41, 5.74) is 1.19. The number of hydrogen-bond acceptors (Lipinski definition) is 5. The van der Waals surface area contributed by atoms with Crippen LogP contribution in [0.1, 0.15) is 48.9 Å². The van der Waals surface area contributed by atoms with Gasteiger partial charge in [0, 0.05) is 7.11 Å². The minimum absolute atomic E-state index is 0.318. The Labute approximate surface area is 149 Å². The smallest absolute Gasteiger partial charge is 0.176 e. The van der Waals surface area contributed by atoms with Gasteiger partial charge >= 0.3 is 0 Å². The van der Waals surface area contributed by atoms with Crippen molar-refractivity contribution in [2.75, 3.05) is 27.8 Å². The topological polar surface area (TPSA) is 52.4 Å². The van der Waals surface area contributed by atoms with Crippen molar-refractivity contribution in [2.24, 2.45) is 0 Å². The lowest BCUT2D eigenvalue weighted by Gasteiger charge is -2.25. The second kappa shape index (κ2) is 8.45. The van der Waals surface area contributed by atoms with Crippen LogP contribution in [0.4, 0.5) is 0 Å². The van der Waals surface area contributed by atoms with Crippen LogP contribution < -0.4 is 4.74 Å². The summed E-state index contributed by atoms with van der Waals surface area (Å²) in [6.45, 7) is 2.26. The van der Waals surface area contributed by atoms with E-state index in [1.807, 2.05) is 16.8 Å². The van der Waals surface area contributed by atoms with Gasteiger partial charge in [0.2, 0.25) is 0 Å². The quantitative estimate of drug-likeness (QED) is 0.806. The molecule has 2 aromatic rings. The van der Waals surface area contributed by atoms with Gasteiger partial charge in [0.05, 0.1) is 19.7 Å². The second-order valence-corrected chi connectivity index (χ2v) is 6.67. The van der Waals surface area contributed by atoms with Crippen molar-refractivity contribution in [3.8, 4) is 5.75 Å². The number of hydrogen-bond donors (Lipinski definition) is 0. The van der Waals surface area contributed by atoms with E-state index in [4.69, 9.17) is 19.6 Å². The van der Waals surface area contributed by atoms with E-state index < -0.39 is 0 Å². The number of ether oxygens (including phenoxy) is 2. The van der Waals surface area contributed by atoms with Gasteiger partial charge in [-0.25, -0.2) is 9.67 Å². The van der Waals surface area contributed by atoms with Crippen LogP contribution in [0.3, 0.4) is 0 Å². The van der Waals surface area contributed by atoms with E-state index in [2.05, 4.69) is 24.1 Å². The highest BCUT2D eigenvalue weighted by atomic mass is 16.5. The first-order valence-electron chi connectivity index (χ1n) is 8.97. The predicted octanol–water partition coefficient (Wildman–Crippen LogP) is 3.03. The van der Waals surface area contributed by atoms with Crippen molar-refractivity contribution in [3.63, 3.8) is 0 Å². The summed E-state index contributed by atoms with van der Waals surface area (Å²) in [6.07, 6.45) is 4.91. The van der Waals surface area contributed by atoms with Crippen molar-refractivity contribution in [1.82, 2.24) is 19.7 Å². The van der Waals surface area contributed by atoms with Crippen molar-refractivity contribution in [3.05, 3.63) is 41.5 Å². The van der Waals surface area contributed by atoms with Crippen LogP contribution in [0.15, 0.2) is 24.3 Å². The first kappa shape index (κ1) is 17.9. The van der Waals surface area contributed by atoms with Crippen molar-refractivity contribution in [2.45, 2.75) is 44.9 Å². The third-order valence-electron chi connectivity index (χ3n) is 4.83. The van der Waals surface area contributed by atoms with Crippen molar-refractivity contribution >= 4 is 0 Å². The van der Waals surface area contributed by atoms with E-state index in [-0.39, 0.29) is 0 Å². The summed E-state index contributed by atoms with van der Waals surface area (Å²) in [6, 6.07) is 8.45. The van der Waals surface area contributed by atoms with E-state index in [0.29, 0.717) is 19.2 Å². The molecule has 0 amide bonds. The normalized spacial score (nSPS) is 18.9. The Morgan fingerprint density at radius 1 is 1.12 bits per heavy atom. The molecule has 136 valence electrons. The van der Waals surface area contributed by atoms with Gasteiger partial charge in [0.1, 0.15) is 18.2 Å². The van der Waals surface area contributed by atoms with Gasteiger partial charge in [0.15, 0.2) is 5.82 Å². The number of aromatic nitrogens is 3. The van der Waals surface area contributed by atoms with Gasteiger partial charge in [-0.2, -0.15) is 5.10 Å². The van der Waals surface area contributed by atoms with Crippen LogP contribution >= 0.6 is 0 Å². The van der Waals surface area contributed by atoms with E-state index in [1.54, 1.807) is 14.2 Å². The van der Waals surface area contributed by atoms with Gasteiger partial charge in [-0.1, -0.05) is 25.0 Å². The van der Waals surface area contributed by atoms with Gasteiger partial charge in [-0.3, -0.25) is 4.90 Å². The molecule has 1 fully saturated rings. The Hall–Kier alpha value is -1.92.